The van der Waals surface area contributed by atoms with Crippen LogP contribution in [-0.2, 0) is 0 Å². The summed E-state index contributed by atoms with van der Waals surface area (Å²) in [6.07, 6.45) is 0. The van der Waals surface area contributed by atoms with Crippen LogP contribution in [0.2, 0.25) is 0 Å². The van der Waals surface area contributed by atoms with E-state index in [2.05, 4.69) is 35.1 Å². The molecule has 0 aliphatic carbocycles. The van der Waals surface area contributed by atoms with Gasteiger partial charge in [0.05, 0.1) is 33.4 Å². The molecule has 0 fully saturated rings. The number of hydrogen-bond donors (Lipinski definition) is 3. The standard InChI is InChI=1S/C25H19N5OS/c1-14-6-11-19-21(12-14)32-25(29-19)15-7-9-16(10-8-15)30-13-20(31)22(23(30)26)24-27-17-4-2-3-5-18(17)28-24/h2-12,26,31H,13H2,1H3,(H,27,28). The molecular formula is C25H19N5OS. The van der Waals surface area contributed by atoms with Crippen molar-refractivity contribution in [3.05, 3.63) is 83.9 Å². The van der Waals surface area contributed by atoms with Crippen molar-refractivity contribution >= 4 is 49.7 Å². The van der Waals surface area contributed by atoms with Crippen LogP contribution >= 0.6 is 11.3 Å². The topological polar surface area (TPSA) is 88.9 Å². The summed E-state index contributed by atoms with van der Waals surface area (Å²) in [6.45, 7) is 2.33. The monoisotopic (exact) mass is 437 g/mol. The van der Waals surface area contributed by atoms with E-state index in [-0.39, 0.29) is 18.1 Å². The van der Waals surface area contributed by atoms with Gasteiger partial charge in [0.25, 0.3) is 0 Å². The van der Waals surface area contributed by atoms with Gasteiger partial charge in [0.1, 0.15) is 22.4 Å². The summed E-state index contributed by atoms with van der Waals surface area (Å²) in [5, 5.41) is 20.3. The maximum absolute atomic E-state index is 10.6. The van der Waals surface area contributed by atoms with Gasteiger partial charge in [0, 0.05) is 11.3 Å². The number of aliphatic hydroxyl groups is 1. The highest BCUT2D eigenvalue weighted by atomic mass is 32.1. The number of H-pyrrole nitrogens is 1. The Morgan fingerprint density at radius 1 is 1.00 bits per heavy atom. The van der Waals surface area contributed by atoms with Crippen LogP contribution in [0.3, 0.4) is 0 Å². The number of nitrogens with zero attached hydrogens (tertiary/aromatic N) is 3. The number of benzene rings is 3. The van der Waals surface area contributed by atoms with Crippen molar-refractivity contribution in [1.29, 1.82) is 5.41 Å². The fraction of sp³-hybridized carbons (Fsp3) is 0.0800. The fourth-order valence-electron chi connectivity index (χ4n) is 4.06. The summed E-state index contributed by atoms with van der Waals surface area (Å²) in [6, 6.07) is 21.9. The van der Waals surface area contributed by atoms with Crippen molar-refractivity contribution in [1.82, 2.24) is 15.0 Å². The number of aliphatic hydroxyl groups excluding tert-OH is 1. The first-order valence-electron chi connectivity index (χ1n) is 10.3. The van der Waals surface area contributed by atoms with Gasteiger partial charge >= 0.3 is 0 Å². The van der Waals surface area contributed by atoms with Crippen molar-refractivity contribution < 1.29 is 5.11 Å². The van der Waals surface area contributed by atoms with Crippen molar-refractivity contribution in [2.75, 3.05) is 11.4 Å². The predicted octanol–water partition coefficient (Wildman–Crippen LogP) is 5.91. The lowest BCUT2D eigenvalue weighted by Gasteiger charge is -2.18. The summed E-state index contributed by atoms with van der Waals surface area (Å²) in [5.41, 5.74) is 6.23. The van der Waals surface area contributed by atoms with Crippen molar-refractivity contribution in [3.8, 4) is 10.6 Å². The van der Waals surface area contributed by atoms with Crippen LogP contribution in [0.4, 0.5) is 5.69 Å². The van der Waals surface area contributed by atoms with Gasteiger partial charge in [-0.2, -0.15) is 0 Å². The first-order valence-corrected chi connectivity index (χ1v) is 11.1. The van der Waals surface area contributed by atoms with E-state index in [0.717, 1.165) is 32.8 Å². The van der Waals surface area contributed by atoms with E-state index in [1.54, 1.807) is 16.2 Å². The number of rotatable bonds is 3. The van der Waals surface area contributed by atoms with Crippen LogP contribution < -0.4 is 4.90 Å². The van der Waals surface area contributed by atoms with Gasteiger partial charge < -0.3 is 15.0 Å². The minimum Gasteiger partial charge on any atom is -0.509 e. The molecule has 6 nitrogen and oxygen atoms in total. The second kappa shape index (κ2) is 7.03. The molecule has 3 aromatic carbocycles. The van der Waals surface area contributed by atoms with Crippen LogP contribution in [0.5, 0.6) is 0 Å². The molecule has 0 radical (unpaired) electrons. The number of imidazole rings is 1. The first-order chi connectivity index (χ1) is 15.6. The Hall–Kier alpha value is -3.97. The number of aromatic amines is 1. The Kier molecular flexibility index (Phi) is 4.13. The lowest BCUT2D eigenvalue weighted by molar-refractivity contribution is 0.411. The quantitative estimate of drug-likeness (QED) is 0.327. The molecule has 0 spiro atoms. The van der Waals surface area contributed by atoms with Crippen LogP contribution in [0.25, 0.3) is 37.4 Å². The van der Waals surface area contributed by atoms with Gasteiger partial charge in [-0.25, -0.2) is 9.97 Å². The van der Waals surface area contributed by atoms with Crippen LogP contribution in [0.1, 0.15) is 11.4 Å². The number of aryl methyl sites for hydroxylation is 1. The fourth-order valence-corrected chi connectivity index (χ4v) is 5.13. The second-order valence-corrected chi connectivity index (χ2v) is 8.93. The molecule has 32 heavy (non-hydrogen) atoms. The normalized spacial score (nSPS) is 14.3. The van der Waals surface area contributed by atoms with Crippen molar-refractivity contribution in [3.63, 3.8) is 0 Å². The largest absolute Gasteiger partial charge is 0.509 e. The molecule has 156 valence electrons. The lowest BCUT2D eigenvalue weighted by Crippen LogP contribution is -2.26. The Labute approximate surface area is 188 Å². The predicted molar refractivity (Wildman–Crippen MR) is 131 cm³/mol. The van der Waals surface area contributed by atoms with Crippen molar-refractivity contribution in [2.45, 2.75) is 6.92 Å². The maximum atomic E-state index is 10.6. The van der Waals surface area contributed by atoms with E-state index in [4.69, 9.17) is 10.4 Å². The Morgan fingerprint density at radius 2 is 1.81 bits per heavy atom. The third-order valence-electron chi connectivity index (χ3n) is 5.70. The molecule has 7 heteroatoms. The number of amidine groups is 1. The number of hydrogen-bond acceptors (Lipinski definition) is 5. The minimum absolute atomic E-state index is 0.139. The zero-order valence-corrected chi connectivity index (χ0v) is 18.1. The van der Waals surface area contributed by atoms with Gasteiger partial charge in [-0.15, -0.1) is 11.3 Å². The molecule has 5 aromatic rings. The number of anilines is 1. The first kappa shape index (κ1) is 18.8. The smallest absolute Gasteiger partial charge is 0.145 e. The molecule has 0 saturated heterocycles. The van der Waals surface area contributed by atoms with E-state index < -0.39 is 0 Å². The maximum Gasteiger partial charge on any atom is 0.145 e. The molecule has 2 aromatic heterocycles. The molecule has 0 amide bonds. The van der Waals surface area contributed by atoms with E-state index in [1.807, 2.05) is 48.5 Å². The number of nitrogens with one attached hydrogen (secondary N) is 2. The molecule has 0 saturated carbocycles. The van der Waals surface area contributed by atoms with Gasteiger partial charge in [-0.05, 0) is 61.0 Å². The van der Waals surface area contributed by atoms with Gasteiger partial charge in [-0.3, -0.25) is 5.41 Å². The van der Waals surface area contributed by atoms with Crippen molar-refractivity contribution in [2.24, 2.45) is 0 Å². The summed E-state index contributed by atoms with van der Waals surface area (Å²) < 4.78 is 1.18. The van der Waals surface area contributed by atoms with Gasteiger partial charge in [0.2, 0.25) is 0 Å². The summed E-state index contributed by atoms with van der Waals surface area (Å²) in [7, 11) is 0. The average Bonchev–Trinajstić information content (AvgIpc) is 3.48. The highest BCUT2D eigenvalue weighted by Gasteiger charge is 2.31. The highest BCUT2D eigenvalue weighted by molar-refractivity contribution is 7.21. The third kappa shape index (κ3) is 2.98. The molecule has 1 aliphatic heterocycles. The highest BCUT2D eigenvalue weighted by Crippen LogP contribution is 2.34. The van der Waals surface area contributed by atoms with E-state index in [1.165, 1.54) is 10.3 Å². The van der Waals surface area contributed by atoms with Gasteiger partial charge in [0.15, 0.2) is 0 Å². The Balaban J connectivity index is 1.29. The zero-order chi connectivity index (χ0) is 21.8. The third-order valence-corrected chi connectivity index (χ3v) is 6.77. The number of thiazole rings is 1. The zero-order valence-electron chi connectivity index (χ0n) is 17.3. The molecule has 0 atom stereocenters. The average molecular weight is 438 g/mol. The lowest BCUT2D eigenvalue weighted by atomic mass is 10.2. The number of para-hydroxylation sites is 2. The van der Waals surface area contributed by atoms with E-state index in [0.29, 0.717) is 11.4 Å². The second-order valence-electron chi connectivity index (χ2n) is 7.90. The molecule has 6 rings (SSSR count). The van der Waals surface area contributed by atoms with Gasteiger partial charge in [-0.1, -0.05) is 18.2 Å². The number of fused-ring (bicyclic) bond motifs is 2. The Bertz CT molecular complexity index is 1510. The van der Waals surface area contributed by atoms with Crippen LogP contribution in [0, 0.1) is 12.3 Å². The SMILES string of the molecule is Cc1ccc2nc(-c3ccc(N4CC(O)=C(c5nc6ccccc6[nH]5)C4=N)cc3)sc2c1. The molecule has 3 N–H and O–H groups in total. The molecule has 0 bridgehead atoms. The summed E-state index contributed by atoms with van der Waals surface area (Å²) in [4.78, 5) is 14.3. The van der Waals surface area contributed by atoms with E-state index in [9.17, 15) is 5.11 Å². The summed E-state index contributed by atoms with van der Waals surface area (Å²) >= 11 is 1.68. The molecular weight excluding hydrogens is 418 g/mol. The molecule has 1 aliphatic rings. The Morgan fingerprint density at radius 3 is 2.62 bits per heavy atom. The van der Waals surface area contributed by atoms with E-state index >= 15 is 0 Å². The minimum atomic E-state index is 0.139. The van der Waals surface area contributed by atoms with Crippen LogP contribution in [-0.4, -0.2) is 32.4 Å². The molecule has 3 heterocycles. The molecule has 0 unspecified atom stereocenters. The number of aromatic nitrogens is 3. The summed E-state index contributed by atoms with van der Waals surface area (Å²) in [5.74, 6) is 0.877. The van der Waals surface area contributed by atoms with Crippen LogP contribution in [0.15, 0.2) is 72.5 Å².